The van der Waals surface area contributed by atoms with Gasteiger partial charge in [-0.3, -0.25) is 9.59 Å². The Bertz CT molecular complexity index is 762. The number of aryl methyl sites for hydroxylation is 1. The molecule has 124 valence electrons. The van der Waals surface area contributed by atoms with E-state index in [0.29, 0.717) is 17.6 Å². The van der Waals surface area contributed by atoms with E-state index in [0.717, 1.165) is 16.8 Å². The molecule has 1 unspecified atom stereocenters. The van der Waals surface area contributed by atoms with Crippen LogP contribution in [-0.4, -0.2) is 10.5 Å². The number of pyridine rings is 1. The average Bonchev–Trinajstić information content (AvgIpc) is 2.86. The van der Waals surface area contributed by atoms with E-state index in [-0.39, 0.29) is 0 Å². The van der Waals surface area contributed by atoms with Gasteiger partial charge >= 0.3 is 6.18 Å². The van der Waals surface area contributed by atoms with Gasteiger partial charge in [-0.15, -0.1) is 0 Å². The van der Waals surface area contributed by atoms with Crippen LogP contribution >= 0.6 is 0 Å². The van der Waals surface area contributed by atoms with Gasteiger partial charge in [0.05, 0.1) is 6.04 Å². The molecule has 1 atom stereocenters. The van der Waals surface area contributed by atoms with Crippen molar-refractivity contribution in [3.8, 4) is 0 Å². The quantitative estimate of drug-likeness (QED) is 0.938. The molecule has 0 bridgehead atoms. The van der Waals surface area contributed by atoms with Crippen LogP contribution in [0.1, 0.15) is 30.0 Å². The second-order valence-corrected chi connectivity index (χ2v) is 5.09. The maximum Gasteiger partial charge on any atom is 0.421 e. The number of furan rings is 1. The molecule has 0 saturated heterocycles. The largest absolute Gasteiger partial charge is 0.464 e. The molecular weight excluding hydrogens is 313 g/mol. The van der Waals surface area contributed by atoms with E-state index >= 15 is 0 Å². The fourth-order valence-electron chi connectivity index (χ4n) is 2.08. The fourth-order valence-corrected chi connectivity index (χ4v) is 2.08. The smallest absolute Gasteiger partial charge is 0.421 e. The Labute approximate surface area is 129 Å². The third-order valence-electron chi connectivity index (χ3n) is 3.20. The van der Waals surface area contributed by atoms with Crippen molar-refractivity contribution in [1.29, 1.82) is 0 Å². The number of nitrogens with one attached hydrogen (secondary N) is 1. The van der Waals surface area contributed by atoms with Crippen molar-refractivity contribution in [3.63, 3.8) is 0 Å². The van der Waals surface area contributed by atoms with Crippen LogP contribution in [0.3, 0.4) is 0 Å². The predicted octanol–water partition coefficient (Wildman–Crippen LogP) is 2.65. The van der Waals surface area contributed by atoms with Gasteiger partial charge in [0.2, 0.25) is 5.91 Å². The van der Waals surface area contributed by atoms with Crippen molar-refractivity contribution in [2.75, 3.05) is 0 Å². The van der Waals surface area contributed by atoms with Gasteiger partial charge in [-0.05, 0) is 38.1 Å². The number of carbonyl (C=O) groups excluding carboxylic acids is 1. The Morgan fingerprint density at radius 1 is 1.35 bits per heavy atom. The molecule has 2 rings (SSSR count). The van der Waals surface area contributed by atoms with Gasteiger partial charge in [0, 0.05) is 6.20 Å². The van der Waals surface area contributed by atoms with Crippen LogP contribution in [0, 0.1) is 6.92 Å². The van der Waals surface area contributed by atoms with Crippen LogP contribution in [0.5, 0.6) is 0 Å². The van der Waals surface area contributed by atoms with E-state index in [1.165, 1.54) is 0 Å². The molecule has 1 amide bonds. The monoisotopic (exact) mass is 328 g/mol. The second kappa shape index (κ2) is 6.31. The summed E-state index contributed by atoms with van der Waals surface area (Å²) in [5, 5.41) is 2.57. The van der Waals surface area contributed by atoms with Crippen LogP contribution in [-0.2, 0) is 17.5 Å². The molecule has 23 heavy (non-hydrogen) atoms. The number of nitrogens with zero attached hydrogens (tertiary/aromatic N) is 1. The average molecular weight is 328 g/mol. The Morgan fingerprint density at radius 3 is 2.61 bits per heavy atom. The van der Waals surface area contributed by atoms with E-state index in [2.05, 4.69) is 5.32 Å². The first kappa shape index (κ1) is 16.9. The first-order chi connectivity index (χ1) is 10.7. The van der Waals surface area contributed by atoms with Gasteiger partial charge in [-0.25, -0.2) is 0 Å². The van der Waals surface area contributed by atoms with Crippen LogP contribution in [0.4, 0.5) is 13.2 Å². The maximum absolute atomic E-state index is 12.7. The van der Waals surface area contributed by atoms with Gasteiger partial charge in [0.25, 0.3) is 5.56 Å². The molecule has 0 aromatic carbocycles. The number of hydrogen-bond acceptors (Lipinski definition) is 3. The van der Waals surface area contributed by atoms with Crippen molar-refractivity contribution in [3.05, 3.63) is 57.9 Å². The standard InChI is InChI=1S/C15H15F3N2O3/c1-9-5-6-12(23-9)10(2)19-13(21)8-20-7-3-4-11(14(20)22)15(16,17)18/h3-7,10H,8H2,1-2H3,(H,19,21). The predicted molar refractivity (Wildman–Crippen MR) is 75.7 cm³/mol. The van der Waals surface area contributed by atoms with Crippen molar-refractivity contribution in [2.45, 2.75) is 32.6 Å². The van der Waals surface area contributed by atoms with Crippen LogP contribution in [0.2, 0.25) is 0 Å². The molecule has 2 aromatic heterocycles. The lowest BCUT2D eigenvalue weighted by molar-refractivity contribution is -0.139. The first-order valence-corrected chi connectivity index (χ1v) is 6.81. The highest BCUT2D eigenvalue weighted by molar-refractivity contribution is 5.76. The zero-order valence-corrected chi connectivity index (χ0v) is 12.5. The number of rotatable bonds is 4. The summed E-state index contributed by atoms with van der Waals surface area (Å²) in [6.45, 7) is 2.91. The van der Waals surface area contributed by atoms with Crippen LogP contribution in [0.25, 0.3) is 0 Å². The van der Waals surface area contributed by atoms with Crippen LogP contribution < -0.4 is 10.9 Å². The summed E-state index contributed by atoms with van der Waals surface area (Å²) in [6, 6.07) is 4.73. The zero-order chi connectivity index (χ0) is 17.2. The Hall–Kier alpha value is -2.51. The highest BCUT2D eigenvalue weighted by atomic mass is 19.4. The molecule has 0 aliphatic heterocycles. The Morgan fingerprint density at radius 2 is 2.04 bits per heavy atom. The van der Waals surface area contributed by atoms with E-state index in [1.807, 2.05) is 0 Å². The molecule has 0 radical (unpaired) electrons. The summed E-state index contributed by atoms with van der Waals surface area (Å²) in [5.41, 5.74) is -2.56. The van der Waals surface area contributed by atoms with Gasteiger partial charge in [0.15, 0.2) is 0 Å². The van der Waals surface area contributed by atoms with E-state index < -0.39 is 35.8 Å². The van der Waals surface area contributed by atoms with Crippen molar-refractivity contribution in [1.82, 2.24) is 9.88 Å². The SMILES string of the molecule is Cc1ccc(C(C)NC(=O)Cn2cccc(C(F)(F)F)c2=O)o1. The molecule has 0 spiro atoms. The lowest BCUT2D eigenvalue weighted by Gasteiger charge is -2.13. The van der Waals surface area contributed by atoms with Crippen LogP contribution in [0.15, 0.2) is 39.7 Å². The van der Waals surface area contributed by atoms with E-state index in [9.17, 15) is 22.8 Å². The van der Waals surface area contributed by atoms with E-state index in [1.54, 1.807) is 26.0 Å². The highest BCUT2D eigenvalue weighted by Crippen LogP contribution is 2.25. The summed E-state index contributed by atoms with van der Waals surface area (Å²) in [7, 11) is 0. The number of aromatic nitrogens is 1. The molecule has 0 fully saturated rings. The van der Waals surface area contributed by atoms with Crippen molar-refractivity contribution in [2.24, 2.45) is 0 Å². The van der Waals surface area contributed by atoms with Gasteiger partial charge in [0.1, 0.15) is 23.6 Å². The number of alkyl halides is 3. The molecule has 2 heterocycles. The Kier molecular flexibility index (Phi) is 4.63. The lowest BCUT2D eigenvalue weighted by Crippen LogP contribution is -2.35. The molecule has 1 N–H and O–H groups in total. The van der Waals surface area contributed by atoms with Crippen molar-refractivity contribution >= 4 is 5.91 Å². The number of hydrogen-bond donors (Lipinski definition) is 1. The van der Waals surface area contributed by atoms with Crippen molar-refractivity contribution < 1.29 is 22.4 Å². The van der Waals surface area contributed by atoms with Gasteiger partial charge < -0.3 is 14.3 Å². The third kappa shape index (κ3) is 4.02. The highest BCUT2D eigenvalue weighted by Gasteiger charge is 2.34. The summed E-state index contributed by atoms with van der Waals surface area (Å²) in [6.07, 6.45) is -3.62. The molecular formula is C15H15F3N2O3. The summed E-state index contributed by atoms with van der Waals surface area (Å²) >= 11 is 0. The normalized spacial score (nSPS) is 12.9. The maximum atomic E-state index is 12.7. The number of amides is 1. The minimum atomic E-state index is -4.75. The molecule has 0 aliphatic rings. The zero-order valence-electron chi connectivity index (χ0n) is 12.5. The second-order valence-electron chi connectivity index (χ2n) is 5.09. The van der Waals surface area contributed by atoms with E-state index in [4.69, 9.17) is 4.42 Å². The lowest BCUT2D eigenvalue weighted by atomic mass is 10.2. The number of halogens is 3. The minimum absolute atomic E-state index is 0.460. The van der Waals surface area contributed by atoms with Gasteiger partial charge in [-0.2, -0.15) is 13.2 Å². The van der Waals surface area contributed by atoms with Gasteiger partial charge in [-0.1, -0.05) is 0 Å². The molecule has 5 nitrogen and oxygen atoms in total. The topological polar surface area (TPSA) is 64.2 Å². The molecule has 2 aromatic rings. The third-order valence-corrected chi connectivity index (χ3v) is 3.20. The fraction of sp³-hybridized carbons (Fsp3) is 0.333. The first-order valence-electron chi connectivity index (χ1n) is 6.81. The number of carbonyl (C=O) groups is 1. The molecule has 0 aliphatic carbocycles. The minimum Gasteiger partial charge on any atom is -0.464 e. The summed E-state index contributed by atoms with van der Waals surface area (Å²) in [4.78, 5) is 23.7. The summed E-state index contributed by atoms with van der Waals surface area (Å²) in [5.74, 6) is 0.607. The summed E-state index contributed by atoms with van der Waals surface area (Å²) < 4.78 is 44.1. The molecule has 0 saturated carbocycles. The molecule has 8 heteroatoms. The Balaban J connectivity index is 2.10.